The third-order valence-corrected chi connectivity index (χ3v) is 2.32. The second kappa shape index (κ2) is 4.66. The molecule has 2 rings (SSSR count). The zero-order valence-electron chi connectivity index (χ0n) is 9.09. The van der Waals surface area contributed by atoms with Crippen LogP contribution in [0.1, 0.15) is 11.3 Å². The minimum atomic E-state index is 0.517. The van der Waals surface area contributed by atoms with Crippen molar-refractivity contribution in [2.45, 2.75) is 13.5 Å². The summed E-state index contributed by atoms with van der Waals surface area (Å²) < 4.78 is 6.39. The first-order valence-corrected chi connectivity index (χ1v) is 5.12. The molecule has 3 heteroatoms. The highest BCUT2D eigenvalue weighted by atomic mass is 16.5. The Bertz CT molecular complexity index is 469. The van der Waals surface area contributed by atoms with Crippen LogP contribution in [0.3, 0.4) is 0 Å². The van der Waals surface area contributed by atoms with Crippen molar-refractivity contribution in [2.24, 2.45) is 0 Å². The highest BCUT2D eigenvalue weighted by Gasteiger charge is 2.01. The number of rotatable bonds is 3. The van der Waals surface area contributed by atoms with Crippen LogP contribution in [0.2, 0.25) is 0 Å². The second-order valence-corrected chi connectivity index (χ2v) is 3.60. The fourth-order valence-electron chi connectivity index (χ4n) is 1.41. The molecular formula is C13H13NO2. The number of hydrogen-bond acceptors (Lipinski definition) is 2. The van der Waals surface area contributed by atoms with Crippen LogP contribution < -0.4 is 9.47 Å². The average molecular weight is 215 g/mol. The lowest BCUT2D eigenvalue weighted by atomic mass is 10.2. The van der Waals surface area contributed by atoms with Gasteiger partial charge in [0, 0.05) is 19.1 Å². The fraction of sp³-hybridized carbons (Fsp3) is 0.154. The van der Waals surface area contributed by atoms with Gasteiger partial charge in [0.05, 0.1) is 0 Å². The van der Waals surface area contributed by atoms with E-state index in [0.29, 0.717) is 18.1 Å². The van der Waals surface area contributed by atoms with Gasteiger partial charge < -0.3 is 9.94 Å². The number of hydrogen-bond donors (Lipinski definition) is 0. The standard InChI is InChI=1S/C13H13NO2/c1-11-9-13(7-8-14(11)15)16-10-12-5-3-2-4-6-12/h2-9H,10H2,1H3. The molecule has 0 saturated heterocycles. The first kappa shape index (κ1) is 10.5. The van der Waals surface area contributed by atoms with E-state index in [4.69, 9.17) is 4.74 Å². The van der Waals surface area contributed by atoms with Gasteiger partial charge in [-0.3, -0.25) is 0 Å². The first-order chi connectivity index (χ1) is 7.75. The number of benzene rings is 1. The van der Waals surface area contributed by atoms with Crippen LogP contribution in [-0.2, 0) is 6.61 Å². The summed E-state index contributed by atoms with van der Waals surface area (Å²) in [6.07, 6.45) is 1.45. The van der Waals surface area contributed by atoms with Gasteiger partial charge in [-0.05, 0) is 5.56 Å². The van der Waals surface area contributed by atoms with Gasteiger partial charge in [0.1, 0.15) is 12.4 Å². The molecule has 0 fully saturated rings. The zero-order valence-corrected chi connectivity index (χ0v) is 9.09. The molecule has 1 heterocycles. The Hall–Kier alpha value is -2.03. The maximum atomic E-state index is 11.1. The summed E-state index contributed by atoms with van der Waals surface area (Å²) in [5.41, 5.74) is 1.74. The zero-order chi connectivity index (χ0) is 11.4. The first-order valence-electron chi connectivity index (χ1n) is 5.12. The van der Waals surface area contributed by atoms with Crippen molar-refractivity contribution in [1.82, 2.24) is 0 Å². The number of aryl methyl sites for hydroxylation is 1. The molecule has 0 saturated carbocycles. The Morgan fingerprint density at radius 1 is 1.19 bits per heavy atom. The molecule has 1 aromatic heterocycles. The molecular weight excluding hydrogens is 202 g/mol. The Labute approximate surface area is 94.5 Å². The molecule has 0 spiro atoms. The van der Waals surface area contributed by atoms with Crippen molar-refractivity contribution >= 4 is 0 Å². The largest absolute Gasteiger partial charge is 0.619 e. The monoisotopic (exact) mass is 215 g/mol. The van der Waals surface area contributed by atoms with Gasteiger partial charge in [0.15, 0.2) is 11.9 Å². The maximum Gasteiger partial charge on any atom is 0.193 e. The molecule has 0 N–H and O–H groups in total. The van der Waals surface area contributed by atoms with Crippen LogP contribution in [0.25, 0.3) is 0 Å². The molecule has 0 bridgehead atoms. The van der Waals surface area contributed by atoms with E-state index < -0.39 is 0 Å². The maximum absolute atomic E-state index is 11.1. The van der Waals surface area contributed by atoms with Crippen molar-refractivity contribution < 1.29 is 9.47 Å². The summed E-state index contributed by atoms with van der Waals surface area (Å²) >= 11 is 0. The van der Waals surface area contributed by atoms with Gasteiger partial charge in [0.2, 0.25) is 0 Å². The number of nitrogens with zero attached hydrogens (tertiary/aromatic N) is 1. The average Bonchev–Trinajstić information content (AvgIpc) is 2.32. The molecule has 1 aromatic carbocycles. The summed E-state index contributed by atoms with van der Waals surface area (Å²) in [5, 5.41) is 11.1. The Morgan fingerprint density at radius 2 is 1.94 bits per heavy atom. The van der Waals surface area contributed by atoms with E-state index in [2.05, 4.69) is 0 Å². The van der Waals surface area contributed by atoms with E-state index >= 15 is 0 Å². The van der Waals surface area contributed by atoms with Gasteiger partial charge in [-0.25, -0.2) is 0 Å². The molecule has 0 atom stereocenters. The van der Waals surface area contributed by atoms with Gasteiger partial charge in [0.25, 0.3) is 0 Å². The van der Waals surface area contributed by atoms with E-state index in [1.165, 1.54) is 6.20 Å². The van der Waals surface area contributed by atoms with Gasteiger partial charge >= 0.3 is 0 Å². The van der Waals surface area contributed by atoms with E-state index in [9.17, 15) is 5.21 Å². The smallest absolute Gasteiger partial charge is 0.193 e. The van der Waals surface area contributed by atoms with Gasteiger partial charge in [-0.2, -0.15) is 4.73 Å². The molecule has 0 aliphatic rings. The van der Waals surface area contributed by atoms with E-state index in [0.717, 1.165) is 10.3 Å². The van der Waals surface area contributed by atoms with Crippen LogP contribution >= 0.6 is 0 Å². The molecule has 0 unspecified atom stereocenters. The molecule has 2 aromatic rings. The third kappa shape index (κ3) is 2.51. The number of aromatic nitrogens is 1. The normalized spacial score (nSPS) is 10.1. The fourth-order valence-corrected chi connectivity index (χ4v) is 1.41. The van der Waals surface area contributed by atoms with Crippen molar-refractivity contribution in [2.75, 3.05) is 0 Å². The second-order valence-electron chi connectivity index (χ2n) is 3.60. The van der Waals surface area contributed by atoms with E-state index in [1.807, 2.05) is 30.3 Å². The van der Waals surface area contributed by atoms with Crippen molar-refractivity contribution in [1.29, 1.82) is 0 Å². The van der Waals surface area contributed by atoms with Crippen LogP contribution in [0.15, 0.2) is 48.7 Å². The Morgan fingerprint density at radius 3 is 2.62 bits per heavy atom. The van der Waals surface area contributed by atoms with E-state index in [1.54, 1.807) is 19.1 Å². The van der Waals surface area contributed by atoms with Crippen LogP contribution in [-0.4, -0.2) is 0 Å². The summed E-state index contributed by atoms with van der Waals surface area (Å²) in [6, 6.07) is 13.3. The molecule has 0 amide bonds. The predicted octanol–water partition coefficient (Wildman–Crippen LogP) is 2.21. The number of pyridine rings is 1. The highest BCUT2D eigenvalue weighted by Crippen LogP contribution is 2.11. The lowest BCUT2D eigenvalue weighted by Gasteiger charge is -2.07. The summed E-state index contributed by atoms with van der Waals surface area (Å²) in [4.78, 5) is 0. The van der Waals surface area contributed by atoms with Crippen molar-refractivity contribution in [3.05, 3.63) is 65.1 Å². The summed E-state index contributed by atoms with van der Waals surface area (Å²) in [5.74, 6) is 0.716. The van der Waals surface area contributed by atoms with E-state index in [-0.39, 0.29) is 0 Å². The quantitative estimate of drug-likeness (QED) is 0.581. The molecule has 0 aliphatic heterocycles. The Kier molecular flexibility index (Phi) is 3.05. The lowest BCUT2D eigenvalue weighted by molar-refractivity contribution is -0.612. The number of ether oxygens (including phenoxy) is 1. The van der Waals surface area contributed by atoms with Crippen molar-refractivity contribution in [3.8, 4) is 5.75 Å². The third-order valence-electron chi connectivity index (χ3n) is 2.32. The summed E-state index contributed by atoms with van der Waals surface area (Å²) in [6.45, 7) is 2.27. The molecule has 82 valence electrons. The molecule has 0 aliphatic carbocycles. The van der Waals surface area contributed by atoms with Gasteiger partial charge in [-0.15, -0.1) is 0 Å². The van der Waals surface area contributed by atoms with Gasteiger partial charge in [-0.1, -0.05) is 30.3 Å². The topological polar surface area (TPSA) is 36.2 Å². The lowest BCUT2D eigenvalue weighted by Crippen LogP contribution is -2.28. The SMILES string of the molecule is Cc1cc(OCc2ccccc2)cc[n+]1[O-]. The minimum absolute atomic E-state index is 0.517. The highest BCUT2D eigenvalue weighted by molar-refractivity contribution is 5.20. The minimum Gasteiger partial charge on any atom is -0.619 e. The van der Waals surface area contributed by atoms with Crippen molar-refractivity contribution in [3.63, 3.8) is 0 Å². The molecule has 16 heavy (non-hydrogen) atoms. The van der Waals surface area contributed by atoms with Crippen LogP contribution in [0.5, 0.6) is 5.75 Å². The predicted molar refractivity (Wildman–Crippen MR) is 60.9 cm³/mol. The summed E-state index contributed by atoms with van der Waals surface area (Å²) in [7, 11) is 0. The Balaban J connectivity index is 2.03. The van der Waals surface area contributed by atoms with Crippen LogP contribution in [0, 0.1) is 12.1 Å². The molecule has 3 nitrogen and oxygen atoms in total. The van der Waals surface area contributed by atoms with Crippen LogP contribution in [0.4, 0.5) is 0 Å². The molecule has 0 radical (unpaired) electrons.